The largest absolute Gasteiger partial charge is 0.347 e. The number of benzene rings is 1. The molecule has 3 rings (SSSR count). The molecular weight excluding hydrogens is 274 g/mol. The molecule has 2 aliphatic rings. The number of piperazine rings is 1. The Kier molecular flexibility index (Phi) is 4.24. The molecule has 1 aliphatic heterocycles. The van der Waals surface area contributed by atoms with Crippen LogP contribution in [0.2, 0.25) is 0 Å². The minimum Gasteiger partial charge on any atom is -0.347 e. The van der Waals surface area contributed by atoms with Crippen LogP contribution in [-0.4, -0.2) is 55.5 Å². The summed E-state index contributed by atoms with van der Waals surface area (Å²) in [6.07, 6.45) is 2.71. The number of hydrogen-bond donors (Lipinski definition) is 1. The lowest BCUT2D eigenvalue weighted by Gasteiger charge is -2.37. The first kappa shape index (κ1) is 15.5. The fourth-order valence-corrected chi connectivity index (χ4v) is 3.41. The molecule has 1 atom stereocenters. The molecule has 22 heavy (non-hydrogen) atoms. The molecular formula is C18H27N3O. The quantitative estimate of drug-likeness (QED) is 0.920. The van der Waals surface area contributed by atoms with Crippen LogP contribution in [0.4, 0.5) is 0 Å². The summed E-state index contributed by atoms with van der Waals surface area (Å²) in [4.78, 5) is 17.1. The first-order chi connectivity index (χ1) is 10.5. The highest BCUT2D eigenvalue weighted by Gasteiger charge is 2.45. The third-order valence-corrected chi connectivity index (χ3v) is 5.10. The molecule has 4 nitrogen and oxygen atoms in total. The fourth-order valence-electron chi connectivity index (χ4n) is 3.41. The number of nitrogens with zero attached hydrogens (tertiary/aromatic N) is 2. The van der Waals surface area contributed by atoms with Gasteiger partial charge in [-0.1, -0.05) is 29.8 Å². The molecule has 0 aromatic heterocycles. The summed E-state index contributed by atoms with van der Waals surface area (Å²) >= 11 is 0. The van der Waals surface area contributed by atoms with Crippen molar-refractivity contribution in [3.05, 3.63) is 35.4 Å². The zero-order valence-electron chi connectivity index (χ0n) is 13.9. The second-order valence-corrected chi connectivity index (χ2v) is 7.10. The van der Waals surface area contributed by atoms with E-state index in [2.05, 4.69) is 60.4 Å². The van der Waals surface area contributed by atoms with Gasteiger partial charge in [0, 0.05) is 32.1 Å². The molecule has 0 bridgehead atoms. The maximum Gasteiger partial charge on any atom is 0.222 e. The average molecular weight is 301 g/mol. The van der Waals surface area contributed by atoms with Crippen LogP contribution in [0, 0.1) is 6.92 Å². The Bertz CT molecular complexity index is 553. The normalized spacial score (nSPS) is 25.0. The zero-order valence-corrected chi connectivity index (χ0v) is 13.9. The summed E-state index contributed by atoms with van der Waals surface area (Å²) in [5.74, 6) is 0.186. The summed E-state index contributed by atoms with van der Waals surface area (Å²) in [7, 11) is 4.26. The number of nitrogens with one attached hydrogen (secondary N) is 1. The van der Waals surface area contributed by atoms with Gasteiger partial charge < -0.3 is 15.1 Å². The Labute approximate surface area is 133 Å². The van der Waals surface area contributed by atoms with Crippen molar-refractivity contribution in [2.24, 2.45) is 0 Å². The number of hydrogen-bond acceptors (Lipinski definition) is 3. The molecule has 1 N–H and O–H groups in total. The molecule has 1 aromatic rings. The maximum atomic E-state index is 12.5. The van der Waals surface area contributed by atoms with E-state index < -0.39 is 0 Å². The highest BCUT2D eigenvalue weighted by Crippen LogP contribution is 2.45. The number of rotatable bonds is 4. The SMILES string of the molecule is Cc1cccc(C2(NC(=O)C[C@@H]3CN(C)CCN3C)CC2)c1. The van der Waals surface area contributed by atoms with E-state index in [1.165, 1.54) is 11.1 Å². The standard InChI is InChI=1S/C18H27N3O/c1-14-5-4-6-15(11-14)18(7-8-18)19-17(22)12-16-13-20(2)9-10-21(16)3/h4-6,11,16H,7-10,12-13H2,1-3H3,(H,19,22)/t16-/m1/s1. The first-order valence-corrected chi connectivity index (χ1v) is 8.25. The number of carbonyl (C=O) groups excluding carboxylic acids is 1. The Balaban J connectivity index is 1.62. The Morgan fingerprint density at radius 3 is 2.77 bits per heavy atom. The highest BCUT2D eigenvalue weighted by atomic mass is 16.1. The molecule has 2 fully saturated rings. The molecule has 120 valence electrons. The van der Waals surface area contributed by atoms with Gasteiger partial charge in [0.2, 0.25) is 5.91 Å². The predicted octanol–water partition coefficient (Wildman–Crippen LogP) is 1.74. The number of aryl methyl sites for hydroxylation is 1. The van der Waals surface area contributed by atoms with Crippen LogP contribution in [0.3, 0.4) is 0 Å². The maximum absolute atomic E-state index is 12.5. The van der Waals surface area contributed by atoms with E-state index in [9.17, 15) is 4.79 Å². The topological polar surface area (TPSA) is 35.6 Å². The first-order valence-electron chi connectivity index (χ1n) is 8.25. The molecule has 1 saturated carbocycles. The molecule has 1 heterocycles. The van der Waals surface area contributed by atoms with Gasteiger partial charge in [-0.15, -0.1) is 0 Å². The number of carbonyl (C=O) groups is 1. The van der Waals surface area contributed by atoms with Crippen molar-refractivity contribution in [2.45, 2.75) is 37.8 Å². The van der Waals surface area contributed by atoms with E-state index in [1.807, 2.05) is 0 Å². The third-order valence-electron chi connectivity index (χ3n) is 5.10. The smallest absolute Gasteiger partial charge is 0.222 e. The summed E-state index contributed by atoms with van der Waals surface area (Å²) in [6.45, 7) is 5.20. The predicted molar refractivity (Wildman–Crippen MR) is 88.8 cm³/mol. The van der Waals surface area contributed by atoms with Gasteiger partial charge >= 0.3 is 0 Å². The Morgan fingerprint density at radius 2 is 2.09 bits per heavy atom. The third kappa shape index (κ3) is 3.33. The van der Waals surface area contributed by atoms with Crippen LogP contribution >= 0.6 is 0 Å². The van der Waals surface area contributed by atoms with E-state index in [0.717, 1.165) is 32.5 Å². The minimum absolute atomic E-state index is 0.0950. The van der Waals surface area contributed by atoms with Crippen molar-refractivity contribution in [3.63, 3.8) is 0 Å². The van der Waals surface area contributed by atoms with Crippen molar-refractivity contribution in [1.29, 1.82) is 0 Å². The van der Waals surface area contributed by atoms with Crippen LogP contribution in [-0.2, 0) is 10.3 Å². The van der Waals surface area contributed by atoms with Crippen molar-refractivity contribution in [3.8, 4) is 0 Å². The van der Waals surface area contributed by atoms with E-state index in [0.29, 0.717) is 12.5 Å². The molecule has 0 unspecified atom stereocenters. The lowest BCUT2D eigenvalue weighted by Crippen LogP contribution is -2.52. The van der Waals surface area contributed by atoms with Gasteiger partial charge in [0.25, 0.3) is 0 Å². The average Bonchev–Trinajstić information content (AvgIpc) is 3.24. The van der Waals surface area contributed by atoms with Gasteiger partial charge in [-0.3, -0.25) is 4.79 Å². The molecule has 1 aromatic carbocycles. The van der Waals surface area contributed by atoms with Crippen LogP contribution in [0.15, 0.2) is 24.3 Å². The second-order valence-electron chi connectivity index (χ2n) is 7.10. The summed E-state index contributed by atoms with van der Waals surface area (Å²) in [5.41, 5.74) is 2.42. The van der Waals surface area contributed by atoms with Crippen LogP contribution < -0.4 is 5.32 Å². The molecule has 1 aliphatic carbocycles. The number of likely N-dealkylation sites (N-methyl/N-ethyl adjacent to an activating group) is 2. The molecule has 1 saturated heterocycles. The van der Waals surface area contributed by atoms with Crippen molar-refractivity contribution < 1.29 is 4.79 Å². The Hall–Kier alpha value is -1.39. The number of amides is 1. The molecule has 1 amide bonds. The summed E-state index contributed by atoms with van der Waals surface area (Å²) in [6, 6.07) is 8.86. The lowest BCUT2D eigenvalue weighted by atomic mass is 10.0. The van der Waals surface area contributed by atoms with Crippen LogP contribution in [0.5, 0.6) is 0 Å². The Morgan fingerprint density at radius 1 is 1.32 bits per heavy atom. The van der Waals surface area contributed by atoms with Crippen molar-refractivity contribution in [2.75, 3.05) is 33.7 Å². The van der Waals surface area contributed by atoms with Gasteiger partial charge in [0.15, 0.2) is 0 Å². The van der Waals surface area contributed by atoms with E-state index in [4.69, 9.17) is 0 Å². The second kappa shape index (κ2) is 6.01. The summed E-state index contributed by atoms with van der Waals surface area (Å²) < 4.78 is 0. The van der Waals surface area contributed by atoms with Crippen molar-refractivity contribution in [1.82, 2.24) is 15.1 Å². The van der Waals surface area contributed by atoms with Gasteiger partial charge in [0.05, 0.1) is 5.54 Å². The molecule has 0 spiro atoms. The van der Waals surface area contributed by atoms with Gasteiger partial charge in [0.1, 0.15) is 0 Å². The van der Waals surface area contributed by atoms with Crippen molar-refractivity contribution >= 4 is 5.91 Å². The van der Waals surface area contributed by atoms with Gasteiger partial charge in [-0.25, -0.2) is 0 Å². The van der Waals surface area contributed by atoms with E-state index in [-0.39, 0.29) is 11.4 Å². The molecule has 4 heteroatoms. The minimum atomic E-state index is -0.0950. The monoisotopic (exact) mass is 301 g/mol. The zero-order chi connectivity index (χ0) is 15.7. The fraction of sp³-hybridized carbons (Fsp3) is 0.611. The van der Waals surface area contributed by atoms with Gasteiger partial charge in [-0.2, -0.15) is 0 Å². The lowest BCUT2D eigenvalue weighted by molar-refractivity contribution is -0.123. The summed E-state index contributed by atoms with van der Waals surface area (Å²) in [5, 5.41) is 3.31. The molecule has 0 radical (unpaired) electrons. The van der Waals surface area contributed by atoms with Crippen LogP contribution in [0.25, 0.3) is 0 Å². The highest BCUT2D eigenvalue weighted by molar-refractivity contribution is 5.78. The van der Waals surface area contributed by atoms with E-state index in [1.54, 1.807) is 0 Å². The van der Waals surface area contributed by atoms with E-state index >= 15 is 0 Å². The van der Waals surface area contributed by atoms with Crippen LogP contribution in [0.1, 0.15) is 30.4 Å². The van der Waals surface area contributed by atoms with Gasteiger partial charge in [-0.05, 0) is 39.4 Å².